The lowest BCUT2D eigenvalue weighted by Gasteiger charge is -2.20. The molecule has 162 valence electrons. The van der Waals surface area contributed by atoms with Crippen molar-refractivity contribution >= 4 is 29.1 Å². The first kappa shape index (κ1) is 21.3. The molecule has 3 amide bonds. The van der Waals surface area contributed by atoms with E-state index in [0.717, 1.165) is 24.2 Å². The number of hydrogen-bond donors (Lipinski definition) is 2. The smallest absolute Gasteiger partial charge is 0.251 e. The zero-order chi connectivity index (χ0) is 22.3. The number of nitrogens with zero attached hydrogens (tertiary/aromatic N) is 1. The second-order valence-corrected chi connectivity index (χ2v) is 7.77. The van der Waals surface area contributed by atoms with Crippen LogP contribution in [0.3, 0.4) is 0 Å². The zero-order valence-electron chi connectivity index (χ0n) is 17.7. The van der Waals surface area contributed by atoms with Crippen LogP contribution in [0.25, 0.3) is 0 Å². The highest BCUT2D eigenvalue weighted by molar-refractivity contribution is 6.01. The molecule has 0 aliphatic carbocycles. The Hall–Kier alpha value is -3.93. The van der Waals surface area contributed by atoms with Gasteiger partial charge in [-0.2, -0.15) is 0 Å². The van der Waals surface area contributed by atoms with Crippen LogP contribution in [0.15, 0.2) is 84.9 Å². The molecule has 1 fully saturated rings. The molecule has 32 heavy (non-hydrogen) atoms. The quantitative estimate of drug-likeness (QED) is 0.602. The van der Waals surface area contributed by atoms with Gasteiger partial charge in [0.15, 0.2) is 0 Å². The summed E-state index contributed by atoms with van der Waals surface area (Å²) in [5.74, 6) is -0.485. The lowest BCUT2D eigenvalue weighted by molar-refractivity contribution is -0.118. The number of amides is 3. The lowest BCUT2D eigenvalue weighted by Crippen LogP contribution is -2.45. The van der Waals surface area contributed by atoms with Crippen LogP contribution in [0, 0.1) is 0 Å². The number of anilines is 2. The second kappa shape index (κ2) is 9.92. The molecule has 0 aromatic heterocycles. The van der Waals surface area contributed by atoms with Crippen LogP contribution in [0.5, 0.6) is 0 Å². The van der Waals surface area contributed by atoms with Crippen molar-refractivity contribution in [3.05, 3.63) is 96.1 Å². The number of rotatable bonds is 7. The SMILES string of the molecule is O=C(N[C@H](Cc1ccccc1)C(=O)Nc1ccc(N2CCCC2=O)cc1)c1ccccc1. The molecule has 1 saturated heterocycles. The number of carbonyl (C=O) groups is 3. The van der Waals surface area contributed by atoms with E-state index < -0.39 is 6.04 Å². The number of carbonyl (C=O) groups excluding carboxylic acids is 3. The summed E-state index contributed by atoms with van der Waals surface area (Å²) < 4.78 is 0. The molecule has 6 nitrogen and oxygen atoms in total. The average Bonchev–Trinajstić information content (AvgIpc) is 3.26. The third-order valence-corrected chi connectivity index (χ3v) is 5.46. The van der Waals surface area contributed by atoms with Gasteiger partial charge in [0.25, 0.3) is 5.91 Å². The Kier molecular flexibility index (Phi) is 6.60. The van der Waals surface area contributed by atoms with Gasteiger partial charge in [-0.05, 0) is 48.4 Å². The Morgan fingerprint density at radius 2 is 1.53 bits per heavy atom. The van der Waals surface area contributed by atoms with Crippen molar-refractivity contribution in [2.24, 2.45) is 0 Å². The highest BCUT2D eigenvalue weighted by Gasteiger charge is 2.23. The summed E-state index contributed by atoms with van der Waals surface area (Å²) in [6.07, 6.45) is 1.80. The molecule has 0 bridgehead atoms. The van der Waals surface area contributed by atoms with Crippen molar-refractivity contribution < 1.29 is 14.4 Å². The van der Waals surface area contributed by atoms with Gasteiger partial charge in [0.2, 0.25) is 11.8 Å². The molecule has 2 N–H and O–H groups in total. The summed E-state index contributed by atoms with van der Waals surface area (Å²) in [5, 5.41) is 5.75. The molecule has 3 aromatic rings. The topological polar surface area (TPSA) is 78.5 Å². The zero-order valence-corrected chi connectivity index (χ0v) is 17.7. The van der Waals surface area contributed by atoms with Gasteiger partial charge >= 0.3 is 0 Å². The van der Waals surface area contributed by atoms with E-state index in [-0.39, 0.29) is 17.7 Å². The van der Waals surface area contributed by atoms with E-state index in [9.17, 15) is 14.4 Å². The monoisotopic (exact) mass is 427 g/mol. The molecule has 1 aliphatic heterocycles. The fourth-order valence-corrected chi connectivity index (χ4v) is 3.77. The van der Waals surface area contributed by atoms with Crippen molar-refractivity contribution in [1.29, 1.82) is 0 Å². The standard InChI is InChI=1S/C26H25N3O3/c30-24-12-7-17-29(24)22-15-13-21(14-16-22)27-26(32)23(18-19-8-3-1-4-9-19)28-25(31)20-10-5-2-6-11-20/h1-6,8-11,13-16,23H,7,12,17-18H2,(H,27,32)(H,28,31)/t23-/m1/s1. The third kappa shape index (κ3) is 5.21. The Morgan fingerprint density at radius 3 is 2.16 bits per heavy atom. The first-order valence-electron chi connectivity index (χ1n) is 10.7. The Labute approximate surface area is 187 Å². The Bertz CT molecular complexity index is 1080. The number of nitrogens with one attached hydrogen (secondary N) is 2. The van der Waals surface area contributed by atoms with Gasteiger partial charge in [-0.3, -0.25) is 14.4 Å². The molecule has 4 rings (SSSR count). The minimum atomic E-state index is -0.745. The molecule has 0 unspecified atom stereocenters. The van der Waals surface area contributed by atoms with E-state index in [1.807, 2.05) is 48.5 Å². The summed E-state index contributed by atoms with van der Waals surface area (Å²) in [6.45, 7) is 0.717. The maximum absolute atomic E-state index is 13.1. The number of hydrogen-bond acceptors (Lipinski definition) is 3. The van der Waals surface area contributed by atoms with Crippen molar-refractivity contribution in [2.45, 2.75) is 25.3 Å². The minimum absolute atomic E-state index is 0.119. The third-order valence-electron chi connectivity index (χ3n) is 5.46. The molecule has 6 heteroatoms. The van der Waals surface area contributed by atoms with Crippen LogP contribution >= 0.6 is 0 Å². The molecule has 0 saturated carbocycles. The van der Waals surface area contributed by atoms with Crippen LogP contribution in [0.2, 0.25) is 0 Å². The Balaban J connectivity index is 1.47. The van der Waals surface area contributed by atoms with E-state index in [4.69, 9.17) is 0 Å². The van der Waals surface area contributed by atoms with Crippen LogP contribution in [-0.4, -0.2) is 30.3 Å². The summed E-state index contributed by atoms with van der Waals surface area (Å²) in [4.78, 5) is 39.5. The maximum atomic E-state index is 13.1. The van der Waals surface area contributed by atoms with E-state index in [0.29, 0.717) is 24.1 Å². The fourth-order valence-electron chi connectivity index (χ4n) is 3.77. The van der Waals surface area contributed by atoms with E-state index in [1.165, 1.54) is 0 Å². The molecule has 1 aliphatic rings. The fraction of sp³-hybridized carbons (Fsp3) is 0.192. The van der Waals surface area contributed by atoms with Crippen molar-refractivity contribution in [2.75, 3.05) is 16.8 Å². The molecular formula is C26H25N3O3. The predicted molar refractivity (Wildman–Crippen MR) is 125 cm³/mol. The van der Waals surface area contributed by atoms with Gasteiger partial charge in [-0.25, -0.2) is 0 Å². The molecule has 3 aromatic carbocycles. The van der Waals surface area contributed by atoms with Gasteiger partial charge in [-0.15, -0.1) is 0 Å². The average molecular weight is 428 g/mol. The largest absolute Gasteiger partial charge is 0.340 e. The minimum Gasteiger partial charge on any atom is -0.340 e. The second-order valence-electron chi connectivity index (χ2n) is 7.77. The number of benzene rings is 3. The van der Waals surface area contributed by atoms with Gasteiger partial charge < -0.3 is 15.5 Å². The highest BCUT2D eigenvalue weighted by Crippen LogP contribution is 2.23. The Morgan fingerprint density at radius 1 is 0.875 bits per heavy atom. The van der Waals surface area contributed by atoms with Crippen molar-refractivity contribution in [1.82, 2.24) is 5.32 Å². The summed E-state index contributed by atoms with van der Waals surface area (Å²) >= 11 is 0. The predicted octanol–water partition coefficient (Wildman–Crippen LogP) is 3.79. The molecule has 1 atom stereocenters. The lowest BCUT2D eigenvalue weighted by atomic mass is 10.0. The van der Waals surface area contributed by atoms with E-state index in [2.05, 4.69) is 10.6 Å². The molecule has 0 spiro atoms. The summed E-state index contributed by atoms with van der Waals surface area (Å²) in [5.41, 5.74) is 2.88. The van der Waals surface area contributed by atoms with Gasteiger partial charge in [0, 0.05) is 36.3 Å². The van der Waals surface area contributed by atoms with Crippen LogP contribution in [-0.2, 0) is 16.0 Å². The molecule has 1 heterocycles. The van der Waals surface area contributed by atoms with Gasteiger partial charge in [-0.1, -0.05) is 48.5 Å². The van der Waals surface area contributed by atoms with Crippen LogP contribution in [0.4, 0.5) is 11.4 Å². The summed E-state index contributed by atoms with van der Waals surface area (Å²) in [6, 6.07) is 24.9. The highest BCUT2D eigenvalue weighted by atomic mass is 16.2. The van der Waals surface area contributed by atoms with E-state index >= 15 is 0 Å². The molecule has 0 radical (unpaired) electrons. The van der Waals surface area contributed by atoms with Gasteiger partial charge in [0.05, 0.1) is 0 Å². The van der Waals surface area contributed by atoms with Crippen LogP contribution < -0.4 is 15.5 Å². The summed E-state index contributed by atoms with van der Waals surface area (Å²) in [7, 11) is 0. The van der Waals surface area contributed by atoms with Gasteiger partial charge in [0.1, 0.15) is 6.04 Å². The normalized spacial score (nSPS) is 14.1. The van der Waals surface area contributed by atoms with Crippen molar-refractivity contribution in [3.8, 4) is 0 Å². The maximum Gasteiger partial charge on any atom is 0.251 e. The molecular weight excluding hydrogens is 402 g/mol. The first-order chi connectivity index (χ1) is 15.6. The van der Waals surface area contributed by atoms with Crippen molar-refractivity contribution in [3.63, 3.8) is 0 Å². The first-order valence-corrected chi connectivity index (χ1v) is 10.7. The van der Waals surface area contributed by atoms with E-state index in [1.54, 1.807) is 41.3 Å². The van der Waals surface area contributed by atoms with Crippen LogP contribution in [0.1, 0.15) is 28.8 Å².